The summed E-state index contributed by atoms with van der Waals surface area (Å²) in [6.07, 6.45) is 1.63. The molecule has 0 aromatic heterocycles. The zero-order chi connectivity index (χ0) is 9.84. The fourth-order valence-corrected chi connectivity index (χ4v) is 1.68. The van der Waals surface area contributed by atoms with Gasteiger partial charge in [0.2, 0.25) is 0 Å². The van der Waals surface area contributed by atoms with Crippen LogP contribution in [-0.4, -0.2) is 14.6 Å². The molecule has 70 valence electrons. The van der Waals surface area contributed by atoms with Gasteiger partial charge in [0.15, 0.2) is 10.7 Å². The van der Waals surface area contributed by atoms with Crippen molar-refractivity contribution in [1.29, 1.82) is 0 Å². The largest absolute Gasteiger partial charge is 0.260 e. The molecule has 0 N–H and O–H groups in total. The predicted octanol–water partition coefficient (Wildman–Crippen LogP) is 1.67. The molecule has 0 fully saturated rings. The van der Waals surface area contributed by atoms with E-state index < -0.39 is 10.7 Å². The Morgan fingerprint density at radius 1 is 1.46 bits per heavy atom. The molecular formula is C8H9NO2S2. The van der Waals surface area contributed by atoms with Crippen molar-refractivity contribution in [2.24, 2.45) is 4.99 Å². The van der Waals surface area contributed by atoms with Crippen molar-refractivity contribution in [2.45, 2.75) is 16.7 Å². The SMILES string of the molecule is C/C=N/c1ccc([SH](=O)=O)cc1S. The minimum Gasteiger partial charge on any atom is -0.260 e. The Balaban J connectivity index is 3.20. The lowest BCUT2D eigenvalue weighted by Crippen LogP contribution is -1.80. The van der Waals surface area contributed by atoms with Gasteiger partial charge < -0.3 is 0 Å². The van der Waals surface area contributed by atoms with Gasteiger partial charge in [0.25, 0.3) is 0 Å². The van der Waals surface area contributed by atoms with E-state index in [1.807, 2.05) is 0 Å². The molecule has 0 radical (unpaired) electrons. The third-order valence-electron chi connectivity index (χ3n) is 1.44. The zero-order valence-corrected chi connectivity index (χ0v) is 8.76. The van der Waals surface area contributed by atoms with Crippen LogP contribution >= 0.6 is 12.6 Å². The average Bonchev–Trinajstić information content (AvgIpc) is 2.08. The summed E-state index contributed by atoms with van der Waals surface area (Å²) < 4.78 is 21.2. The molecular weight excluding hydrogens is 206 g/mol. The van der Waals surface area contributed by atoms with Gasteiger partial charge in [-0.2, -0.15) is 0 Å². The Bertz CT molecular complexity index is 403. The normalized spacial score (nSPS) is 11.3. The molecule has 1 aromatic carbocycles. The second-order valence-electron chi connectivity index (χ2n) is 2.32. The standard InChI is InChI=1S/C8H9NO2S2/c1-2-9-7-4-3-6(13(10)11)5-8(7)12/h2-5,12-13H,1H3/b9-2+. The minimum absolute atomic E-state index is 0.259. The van der Waals surface area contributed by atoms with Crippen molar-refractivity contribution in [2.75, 3.05) is 0 Å². The summed E-state index contributed by atoms with van der Waals surface area (Å²) in [5, 5.41) is 0. The lowest BCUT2D eigenvalue weighted by atomic mass is 10.3. The summed E-state index contributed by atoms with van der Waals surface area (Å²) in [4.78, 5) is 4.83. The quantitative estimate of drug-likeness (QED) is 0.582. The number of nitrogens with zero attached hydrogens (tertiary/aromatic N) is 1. The molecule has 5 heteroatoms. The van der Waals surface area contributed by atoms with Gasteiger partial charge in [-0.3, -0.25) is 4.99 Å². The minimum atomic E-state index is -2.53. The molecule has 0 heterocycles. The van der Waals surface area contributed by atoms with E-state index in [0.717, 1.165) is 0 Å². The van der Waals surface area contributed by atoms with Crippen LogP contribution < -0.4 is 0 Å². The van der Waals surface area contributed by atoms with Crippen molar-refractivity contribution >= 4 is 35.2 Å². The van der Waals surface area contributed by atoms with E-state index in [9.17, 15) is 8.42 Å². The molecule has 1 aromatic rings. The van der Waals surface area contributed by atoms with Gasteiger partial charge >= 0.3 is 0 Å². The fourth-order valence-electron chi connectivity index (χ4n) is 0.874. The summed E-state index contributed by atoms with van der Waals surface area (Å²) >= 11 is 4.12. The van der Waals surface area contributed by atoms with Gasteiger partial charge in [-0.25, -0.2) is 8.42 Å². The number of hydrogen-bond acceptors (Lipinski definition) is 4. The third kappa shape index (κ3) is 2.57. The van der Waals surface area contributed by atoms with Crippen molar-refractivity contribution in [3.63, 3.8) is 0 Å². The number of thiol groups is 2. The maximum absolute atomic E-state index is 10.6. The van der Waals surface area contributed by atoms with Crippen LogP contribution in [0.1, 0.15) is 6.92 Å². The van der Waals surface area contributed by atoms with E-state index in [1.54, 1.807) is 19.2 Å². The maximum atomic E-state index is 10.6. The van der Waals surface area contributed by atoms with Crippen LogP contribution in [0.15, 0.2) is 33.0 Å². The fraction of sp³-hybridized carbons (Fsp3) is 0.125. The van der Waals surface area contributed by atoms with Gasteiger partial charge in [0.05, 0.1) is 10.6 Å². The summed E-state index contributed by atoms with van der Waals surface area (Å²) in [7, 11) is -2.53. The molecule has 0 saturated heterocycles. The van der Waals surface area contributed by atoms with Crippen molar-refractivity contribution < 1.29 is 8.42 Å². The molecule has 0 aliphatic rings. The second kappa shape index (κ2) is 4.43. The molecule has 3 nitrogen and oxygen atoms in total. The molecule has 1 rings (SSSR count). The van der Waals surface area contributed by atoms with Gasteiger partial charge in [-0.15, -0.1) is 12.6 Å². The topological polar surface area (TPSA) is 46.5 Å². The van der Waals surface area contributed by atoms with Crippen molar-refractivity contribution in [3.05, 3.63) is 18.2 Å². The first-order valence-corrected chi connectivity index (χ1v) is 5.23. The summed E-state index contributed by atoms with van der Waals surface area (Å²) in [6.45, 7) is 1.79. The molecule has 13 heavy (non-hydrogen) atoms. The summed E-state index contributed by atoms with van der Waals surface area (Å²) in [6, 6.07) is 4.62. The first-order valence-electron chi connectivity index (χ1n) is 3.61. The molecule has 0 aliphatic carbocycles. The van der Waals surface area contributed by atoms with E-state index in [-0.39, 0.29) is 4.90 Å². The molecule has 0 spiro atoms. The van der Waals surface area contributed by atoms with Crippen LogP contribution in [0.3, 0.4) is 0 Å². The van der Waals surface area contributed by atoms with Crippen LogP contribution in [0.5, 0.6) is 0 Å². The summed E-state index contributed by atoms with van der Waals surface area (Å²) in [5.74, 6) is 0. The first-order chi connectivity index (χ1) is 6.15. The Labute approximate surface area is 83.9 Å². The Morgan fingerprint density at radius 3 is 2.62 bits per heavy atom. The van der Waals surface area contributed by atoms with Gasteiger partial charge in [-0.1, -0.05) is 0 Å². The highest BCUT2D eigenvalue weighted by Crippen LogP contribution is 2.24. The number of rotatable bonds is 2. The Hall–Kier alpha value is -0.810. The van der Waals surface area contributed by atoms with Gasteiger partial charge in [0.1, 0.15) is 0 Å². The highest BCUT2D eigenvalue weighted by molar-refractivity contribution is 7.80. The lowest BCUT2D eigenvalue weighted by Gasteiger charge is -1.98. The van der Waals surface area contributed by atoms with Gasteiger partial charge in [-0.05, 0) is 25.1 Å². The number of benzene rings is 1. The van der Waals surface area contributed by atoms with Gasteiger partial charge in [0, 0.05) is 11.1 Å². The Morgan fingerprint density at radius 2 is 2.15 bits per heavy atom. The lowest BCUT2D eigenvalue weighted by molar-refractivity contribution is 0.614. The van der Waals surface area contributed by atoms with E-state index in [1.165, 1.54) is 12.1 Å². The molecule has 0 bridgehead atoms. The van der Waals surface area contributed by atoms with E-state index in [0.29, 0.717) is 10.6 Å². The number of aliphatic imine (C=N–C) groups is 1. The van der Waals surface area contributed by atoms with Crippen molar-refractivity contribution in [1.82, 2.24) is 0 Å². The van der Waals surface area contributed by atoms with E-state index in [2.05, 4.69) is 17.6 Å². The molecule has 0 atom stereocenters. The monoisotopic (exact) mass is 215 g/mol. The van der Waals surface area contributed by atoms with Crippen LogP contribution in [0.2, 0.25) is 0 Å². The highest BCUT2D eigenvalue weighted by Gasteiger charge is 1.99. The molecule has 0 aliphatic heterocycles. The average molecular weight is 215 g/mol. The third-order valence-corrected chi connectivity index (χ3v) is 2.50. The van der Waals surface area contributed by atoms with Crippen LogP contribution in [-0.2, 0) is 10.7 Å². The molecule has 0 saturated carbocycles. The van der Waals surface area contributed by atoms with Crippen molar-refractivity contribution in [3.8, 4) is 0 Å². The van der Waals surface area contributed by atoms with Crippen LogP contribution in [0.25, 0.3) is 0 Å². The van der Waals surface area contributed by atoms with E-state index in [4.69, 9.17) is 0 Å². The Kier molecular flexibility index (Phi) is 3.50. The zero-order valence-electron chi connectivity index (χ0n) is 6.97. The first kappa shape index (κ1) is 10.3. The van der Waals surface area contributed by atoms with Crippen LogP contribution in [0.4, 0.5) is 5.69 Å². The molecule has 0 unspecified atom stereocenters. The maximum Gasteiger partial charge on any atom is 0.168 e. The number of hydrogen-bond donors (Lipinski definition) is 2. The van der Waals surface area contributed by atoms with E-state index >= 15 is 0 Å². The van der Waals surface area contributed by atoms with Crippen LogP contribution in [0, 0.1) is 0 Å². The molecule has 0 amide bonds. The summed E-state index contributed by atoms with van der Waals surface area (Å²) in [5.41, 5.74) is 0.673. The second-order valence-corrected chi connectivity index (χ2v) is 3.83. The highest BCUT2D eigenvalue weighted by atomic mass is 32.2. The predicted molar refractivity (Wildman–Crippen MR) is 56.1 cm³/mol. The smallest absolute Gasteiger partial charge is 0.168 e.